The monoisotopic (exact) mass is 254 g/mol. The Hall–Kier alpha value is -1.89. The number of hydrogen-bond acceptors (Lipinski definition) is 4. The molecule has 0 radical (unpaired) electrons. The molecule has 0 saturated carbocycles. The largest absolute Gasteiger partial charge is 0.480 e. The summed E-state index contributed by atoms with van der Waals surface area (Å²) in [6.45, 7) is 2.69. The summed E-state index contributed by atoms with van der Waals surface area (Å²) in [6, 6.07) is 0.638. The standard InChI is InChI=1S/C11H18N4O3/c1-8(11(17)18)15-9(4-5-13-15)10(16)12-6-7-14(2)3/h4-5,8H,6-7H2,1-3H3,(H,12,16)(H,17,18). The molecule has 1 rings (SSSR count). The second-order valence-corrected chi connectivity index (χ2v) is 4.23. The molecule has 0 aliphatic heterocycles. The molecular formula is C11H18N4O3. The van der Waals surface area contributed by atoms with E-state index in [1.54, 1.807) is 0 Å². The predicted octanol–water partition coefficient (Wildman–Crippen LogP) is -0.180. The molecule has 2 N–H and O–H groups in total. The van der Waals surface area contributed by atoms with Crippen LogP contribution < -0.4 is 5.32 Å². The van der Waals surface area contributed by atoms with Crippen LogP contribution in [0.1, 0.15) is 23.5 Å². The van der Waals surface area contributed by atoms with Crippen LogP contribution in [0, 0.1) is 0 Å². The van der Waals surface area contributed by atoms with Crippen molar-refractivity contribution >= 4 is 11.9 Å². The van der Waals surface area contributed by atoms with E-state index in [0.717, 1.165) is 0 Å². The Morgan fingerprint density at radius 1 is 1.56 bits per heavy atom. The summed E-state index contributed by atoms with van der Waals surface area (Å²) < 4.78 is 1.20. The van der Waals surface area contributed by atoms with Crippen LogP contribution in [-0.4, -0.2) is 58.8 Å². The molecular weight excluding hydrogens is 236 g/mol. The molecule has 1 aromatic rings. The fourth-order valence-corrected chi connectivity index (χ4v) is 1.39. The molecule has 18 heavy (non-hydrogen) atoms. The normalized spacial score (nSPS) is 12.4. The molecule has 1 amide bonds. The Labute approximate surface area is 105 Å². The van der Waals surface area contributed by atoms with Crippen LogP contribution in [0.25, 0.3) is 0 Å². The molecule has 7 nitrogen and oxygen atoms in total. The van der Waals surface area contributed by atoms with E-state index in [1.807, 2.05) is 19.0 Å². The van der Waals surface area contributed by atoms with E-state index in [4.69, 9.17) is 5.11 Å². The molecule has 1 heterocycles. The van der Waals surface area contributed by atoms with Crippen molar-refractivity contribution < 1.29 is 14.7 Å². The van der Waals surface area contributed by atoms with Crippen molar-refractivity contribution in [3.8, 4) is 0 Å². The van der Waals surface area contributed by atoms with E-state index < -0.39 is 12.0 Å². The zero-order valence-electron chi connectivity index (χ0n) is 10.8. The second-order valence-electron chi connectivity index (χ2n) is 4.23. The van der Waals surface area contributed by atoms with Crippen LogP contribution in [0.3, 0.4) is 0 Å². The zero-order valence-corrected chi connectivity index (χ0v) is 10.8. The average molecular weight is 254 g/mol. The van der Waals surface area contributed by atoms with Crippen LogP contribution in [0.5, 0.6) is 0 Å². The van der Waals surface area contributed by atoms with Crippen LogP contribution in [0.15, 0.2) is 12.3 Å². The van der Waals surface area contributed by atoms with Gasteiger partial charge in [-0.2, -0.15) is 5.10 Å². The van der Waals surface area contributed by atoms with Gasteiger partial charge in [0, 0.05) is 19.3 Å². The molecule has 0 aliphatic carbocycles. The van der Waals surface area contributed by atoms with E-state index in [0.29, 0.717) is 13.1 Å². The molecule has 0 fully saturated rings. The lowest BCUT2D eigenvalue weighted by molar-refractivity contribution is -0.140. The highest BCUT2D eigenvalue weighted by Crippen LogP contribution is 2.08. The summed E-state index contributed by atoms with van der Waals surface area (Å²) in [5, 5.41) is 15.5. The third kappa shape index (κ3) is 3.56. The van der Waals surface area contributed by atoms with Gasteiger partial charge in [-0.3, -0.25) is 4.79 Å². The van der Waals surface area contributed by atoms with Gasteiger partial charge < -0.3 is 15.3 Å². The highest BCUT2D eigenvalue weighted by Gasteiger charge is 2.20. The summed E-state index contributed by atoms with van der Waals surface area (Å²) in [7, 11) is 3.81. The Bertz CT molecular complexity index is 428. The maximum Gasteiger partial charge on any atom is 0.328 e. The van der Waals surface area contributed by atoms with Crippen molar-refractivity contribution in [3.05, 3.63) is 18.0 Å². The number of aliphatic carboxylic acids is 1. The first kappa shape index (κ1) is 14.2. The summed E-state index contributed by atoms with van der Waals surface area (Å²) in [6.07, 6.45) is 1.42. The maximum atomic E-state index is 11.9. The van der Waals surface area contributed by atoms with Gasteiger partial charge in [-0.15, -0.1) is 0 Å². The van der Waals surface area contributed by atoms with Gasteiger partial charge in [0.05, 0.1) is 0 Å². The summed E-state index contributed by atoms with van der Waals surface area (Å²) in [5.41, 5.74) is 0.253. The van der Waals surface area contributed by atoms with Gasteiger partial charge in [-0.05, 0) is 27.1 Å². The number of likely N-dealkylation sites (N-methyl/N-ethyl adjacent to an activating group) is 1. The van der Waals surface area contributed by atoms with E-state index in [1.165, 1.54) is 23.9 Å². The lowest BCUT2D eigenvalue weighted by Gasteiger charge is -2.13. The van der Waals surface area contributed by atoms with Crippen molar-refractivity contribution in [2.45, 2.75) is 13.0 Å². The molecule has 0 bridgehead atoms. The minimum atomic E-state index is -1.03. The van der Waals surface area contributed by atoms with Crippen molar-refractivity contribution in [3.63, 3.8) is 0 Å². The molecule has 0 aliphatic rings. The van der Waals surface area contributed by atoms with E-state index >= 15 is 0 Å². The zero-order chi connectivity index (χ0) is 13.7. The molecule has 0 saturated heterocycles. The van der Waals surface area contributed by atoms with Gasteiger partial charge >= 0.3 is 5.97 Å². The van der Waals surface area contributed by atoms with Crippen molar-refractivity contribution in [2.75, 3.05) is 27.2 Å². The Balaban J connectivity index is 2.69. The third-order valence-electron chi connectivity index (χ3n) is 2.47. The lowest BCUT2D eigenvalue weighted by Crippen LogP contribution is -2.33. The van der Waals surface area contributed by atoms with Crippen LogP contribution in [-0.2, 0) is 4.79 Å². The van der Waals surface area contributed by atoms with Gasteiger partial charge in [0.2, 0.25) is 0 Å². The Morgan fingerprint density at radius 2 is 2.22 bits per heavy atom. The number of nitrogens with zero attached hydrogens (tertiary/aromatic N) is 3. The first-order valence-corrected chi connectivity index (χ1v) is 5.62. The van der Waals surface area contributed by atoms with E-state index in [-0.39, 0.29) is 11.6 Å². The topological polar surface area (TPSA) is 87.5 Å². The highest BCUT2D eigenvalue weighted by atomic mass is 16.4. The predicted molar refractivity (Wildman–Crippen MR) is 65.5 cm³/mol. The fraction of sp³-hybridized carbons (Fsp3) is 0.545. The Kier molecular flexibility index (Phi) is 4.85. The minimum absolute atomic E-state index is 0.253. The number of aromatic nitrogens is 2. The minimum Gasteiger partial charge on any atom is -0.480 e. The third-order valence-corrected chi connectivity index (χ3v) is 2.47. The quantitative estimate of drug-likeness (QED) is 0.735. The first-order chi connectivity index (χ1) is 8.43. The molecule has 7 heteroatoms. The van der Waals surface area contributed by atoms with Gasteiger partial charge in [0.25, 0.3) is 5.91 Å². The fourth-order valence-electron chi connectivity index (χ4n) is 1.39. The first-order valence-electron chi connectivity index (χ1n) is 5.62. The second kappa shape index (κ2) is 6.15. The molecule has 0 aromatic carbocycles. The van der Waals surface area contributed by atoms with Gasteiger partial charge in [-0.25, -0.2) is 9.48 Å². The maximum absolute atomic E-state index is 11.9. The van der Waals surface area contributed by atoms with Crippen molar-refractivity contribution in [2.24, 2.45) is 0 Å². The number of nitrogens with one attached hydrogen (secondary N) is 1. The number of amides is 1. The summed E-state index contributed by atoms with van der Waals surface area (Å²) >= 11 is 0. The number of carbonyl (C=O) groups excluding carboxylic acids is 1. The average Bonchev–Trinajstić information content (AvgIpc) is 2.75. The molecule has 100 valence electrons. The number of hydrogen-bond donors (Lipinski definition) is 2. The van der Waals surface area contributed by atoms with Crippen LogP contribution in [0.4, 0.5) is 0 Å². The van der Waals surface area contributed by atoms with Crippen molar-refractivity contribution in [1.82, 2.24) is 20.0 Å². The Morgan fingerprint density at radius 3 is 2.78 bits per heavy atom. The highest BCUT2D eigenvalue weighted by molar-refractivity contribution is 5.93. The lowest BCUT2D eigenvalue weighted by atomic mass is 10.3. The molecule has 1 atom stereocenters. The van der Waals surface area contributed by atoms with Crippen molar-refractivity contribution in [1.29, 1.82) is 0 Å². The molecule has 0 spiro atoms. The van der Waals surface area contributed by atoms with Gasteiger partial charge in [0.1, 0.15) is 11.7 Å². The molecule has 1 unspecified atom stereocenters. The van der Waals surface area contributed by atoms with E-state index in [2.05, 4.69) is 10.4 Å². The number of rotatable bonds is 6. The number of carboxylic acid groups (broad SMARTS) is 1. The number of carboxylic acids is 1. The smallest absolute Gasteiger partial charge is 0.328 e. The van der Waals surface area contributed by atoms with E-state index in [9.17, 15) is 9.59 Å². The summed E-state index contributed by atoms with van der Waals surface area (Å²) in [4.78, 5) is 24.7. The summed E-state index contributed by atoms with van der Waals surface area (Å²) in [5.74, 6) is -1.34. The SMILES string of the molecule is CC(C(=O)O)n1nccc1C(=O)NCCN(C)C. The van der Waals surface area contributed by atoms with Gasteiger partial charge in [0.15, 0.2) is 0 Å². The van der Waals surface area contributed by atoms with Gasteiger partial charge in [-0.1, -0.05) is 0 Å². The van der Waals surface area contributed by atoms with Crippen LogP contribution in [0.2, 0.25) is 0 Å². The molecule has 1 aromatic heterocycles. The number of carbonyl (C=O) groups is 2. The van der Waals surface area contributed by atoms with Crippen LogP contribution >= 0.6 is 0 Å².